The summed E-state index contributed by atoms with van der Waals surface area (Å²) in [5, 5.41) is 23.5. The Labute approximate surface area is 240 Å². The largest absolute Gasteiger partial charge is 1.00 e. The summed E-state index contributed by atoms with van der Waals surface area (Å²) in [6, 6.07) is 19.8. The van der Waals surface area contributed by atoms with Crippen molar-refractivity contribution >= 4 is 11.9 Å². The van der Waals surface area contributed by atoms with Gasteiger partial charge in [0.15, 0.2) is 11.5 Å². The van der Waals surface area contributed by atoms with Crippen LogP contribution in [0.2, 0.25) is 0 Å². The van der Waals surface area contributed by atoms with Gasteiger partial charge in [-0.05, 0) is 34.9 Å². The Hall–Kier alpha value is -2.00. The molecule has 1 aliphatic carbocycles. The van der Waals surface area contributed by atoms with Crippen molar-refractivity contribution in [2.24, 2.45) is 5.92 Å². The number of rotatable bonds is 6. The molecule has 0 aromatic heterocycles. The normalized spacial score (nSPS) is 19.4. The van der Waals surface area contributed by atoms with Gasteiger partial charge in [-0.3, -0.25) is 0 Å². The van der Waals surface area contributed by atoms with Crippen LogP contribution in [0.3, 0.4) is 0 Å². The summed E-state index contributed by atoms with van der Waals surface area (Å²) >= 11 is 0. The fraction of sp³-hybridized carbons (Fsp3) is 0.200. The van der Waals surface area contributed by atoms with Gasteiger partial charge in [-0.25, -0.2) is 0 Å². The van der Waals surface area contributed by atoms with Gasteiger partial charge in [0.05, 0.1) is 5.97 Å². The first-order chi connectivity index (χ1) is 15.5. The average molecular weight is 476 g/mol. The third-order valence-electron chi connectivity index (χ3n) is 6.01. The number of carboxylic acid groups (broad SMARTS) is 2. The first-order valence-corrected chi connectivity index (χ1v) is 10.2. The van der Waals surface area contributed by atoms with Crippen LogP contribution in [-0.4, -0.2) is 25.3 Å². The summed E-state index contributed by atoms with van der Waals surface area (Å²) in [6.45, 7) is -0.511. The van der Waals surface area contributed by atoms with Crippen LogP contribution < -0.4 is 83.5 Å². The van der Waals surface area contributed by atoms with E-state index in [9.17, 15) is 19.8 Å². The van der Waals surface area contributed by atoms with Crippen molar-refractivity contribution in [3.63, 3.8) is 0 Å². The number of carboxylic acids is 2. The van der Waals surface area contributed by atoms with Crippen LogP contribution in [0.1, 0.15) is 34.1 Å². The summed E-state index contributed by atoms with van der Waals surface area (Å²) in [5.74, 6) is -3.12. The molecule has 1 aliphatic heterocycles. The van der Waals surface area contributed by atoms with Crippen LogP contribution in [0, 0.1) is 5.92 Å². The number of hydrogen-bond donors (Lipinski definition) is 0. The maximum atomic E-state index is 12.5. The van der Waals surface area contributed by atoms with Crippen molar-refractivity contribution in [1.29, 1.82) is 0 Å². The molecule has 34 heavy (non-hydrogen) atoms. The zero-order chi connectivity index (χ0) is 22.2. The molecule has 0 bridgehead atoms. The van der Waals surface area contributed by atoms with Gasteiger partial charge in [0, 0.05) is 29.3 Å². The fourth-order valence-corrected chi connectivity index (χ4v) is 4.79. The van der Waals surface area contributed by atoms with Crippen molar-refractivity contribution in [3.8, 4) is 17.2 Å². The molecule has 0 radical (unpaired) electrons. The molecule has 5 rings (SSSR count). The van der Waals surface area contributed by atoms with Gasteiger partial charge in [-0.2, -0.15) is 0 Å². The van der Waals surface area contributed by atoms with E-state index >= 15 is 0 Å². The van der Waals surface area contributed by atoms with Crippen LogP contribution in [-0.2, 0) is 9.59 Å². The van der Waals surface area contributed by atoms with Crippen LogP contribution in [0.4, 0.5) is 0 Å². The Kier molecular flexibility index (Phi) is 8.73. The number of aliphatic carboxylic acids is 2. The third kappa shape index (κ3) is 4.87. The quantitative estimate of drug-likeness (QED) is 0.329. The van der Waals surface area contributed by atoms with E-state index in [1.54, 1.807) is 36.4 Å². The molecular weight excluding hydrogens is 458 g/mol. The van der Waals surface area contributed by atoms with Crippen molar-refractivity contribution in [2.75, 3.05) is 13.4 Å². The SMILES string of the molecule is O=C([O-])COc1ccccc1[C@@H]1c2ccccc2[C@H](c2ccc3c(c2)OCO3)[C@H]1C(=O)[O-].[Na+].[Na+]. The summed E-state index contributed by atoms with van der Waals surface area (Å²) in [5.41, 5.74) is 3.04. The maximum Gasteiger partial charge on any atom is 1.00 e. The molecule has 0 spiro atoms. The molecule has 0 fully saturated rings. The number of ether oxygens (including phenoxy) is 3. The van der Waals surface area contributed by atoms with Crippen LogP contribution in [0.15, 0.2) is 66.7 Å². The van der Waals surface area contributed by atoms with Crippen LogP contribution >= 0.6 is 0 Å². The second-order valence-electron chi connectivity index (χ2n) is 7.74. The molecule has 0 unspecified atom stereocenters. The number of hydrogen-bond acceptors (Lipinski definition) is 7. The summed E-state index contributed by atoms with van der Waals surface area (Å²) in [4.78, 5) is 23.5. The predicted molar refractivity (Wildman–Crippen MR) is 108 cm³/mol. The van der Waals surface area contributed by atoms with Gasteiger partial charge in [0.25, 0.3) is 0 Å². The molecule has 7 nitrogen and oxygen atoms in total. The minimum absolute atomic E-state index is 0. The van der Waals surface area contributed by atoms with Crippen molar-refractivity contribution < 1.29 is 93.1 Å². The minimum Gasteiger partial charge on any atom is -0.550 e. The van der Waals surface area contributed by atoms with E-state index in [1.807, 2.05) is 30.3 Å². The van der Waals surface area contributed by atoms with Gasteiger partial charge < -0.3 is 34.0 Å². The van der Waals surface area contributed by atoms with E-state index in [1.165, 1.54) is 0 Å². The van der Waals surface area contributed by atoms with Crippen molar-refractivity contribution in [2.45, 2.75) is 11.8 Å². The van der Waals surface area contributed by atoms with Gasteiger partial charge in [0.2, 0.25) is 6.79 Å². The second-order valence-corrected chi connectivity index (χ2v) is 7.74. The molecular formula is C25H18Na2O7. The Balaban J connectivity index is 0.00000162. The average Bonchev–Trinajstić information content (AvgIpc) is 3.39. The number of carbonyl (C=O) groups is 2. The van der Waals surface area contributed by atoms with Gasteiger partial charge in [-0.1, -0.05) is 48.5 Å². The van der Waals surface area contributed by atoms with Crippen molar-refractivity contribution in [1.82, 2.24) is 0 Å². The zero-order valence-electron chi connectivity index (χ0n) is 18.9. The van der Waals surface area contributed by atoms with E-state index < -0.39 is 36.3 Å². The molecule has 3 aromatic rings. The molecule has 0 N–H and O–H groups in total. The van der Waals surface area contributed by atoms with Gasteiger partial charge in [-0.15, -0.1) is 0 Å². The van der Waals surface area contributed by atoms with E-state index in [4.69, 9.17) is 14.2 Å². The van der Waals surface area contributed by atoms with E-state index in [0.717, 1.165) is 16.7 Å². The molecule has 2 aliphatic rings. The first kappa shape index (κ1) is 26.6. The summed E-state index contributed by atoms with van der Waals surface area (Å²) < 4.78 is 16.3. The number of para-hydroxylation sites is 1. The summed E-state index contributed by atoms with van der Waals surface area (Å²) in [6.07, 6.45) is 0. The molecule has 9 heteroatoms. The van der Waals surface area contributed by atoms with E-state index in [0.29, 0.717) is 22.8 Å². The molecule has 1 heterocycles. The van der Waals surface area contributed by atoms with Crippen LogP contribution in [0.5, 0.6) is 17.2 Å². The summed E-state index contributed by atoms with van der Waals surface area (Å²) in [7, 11) is 0. The second kappa shape index (κ2) is 11.2. The van der Waals surface area contributed by atoms with Gasteiger partial charge >= 0.3 is 59.1 Å². The standard InChI is InChI=1S/C25H20O7.2Na/c26-21(27)12-30-18-8-4-3-7-17(18)23-16-6-2-1-5-15(16)22(24(23)25(28)29)14-9-10-19-20(11-14)32-13-31-19;;/h1-11,22-24H,12-13H2,(H,26,27)(H,28,29);;/q;2*+1/p-2/t22-,23-,24+;;/m0../s1. The van der Waals surface area contributed by atoms with E-state index in [2.05, 4.69) is 0 Å². The molecule has 3 aromatic carbocycles. The number of benzene rings is 3. The molecule has 3 atom stereocenters. The Morgan fingerprint density at radius 1 is 0.824 bits per heavy atom. The Morgan fingerprint density at radius 2 is 1.44 bits per heavy atom. The van der Waals surface area contributed by atoms with Gasteiger partial charge in [0.1, 0.15) is 12.4 Å². The molecule has 0 saturated heterocycles. The number of fused-ring (bicyclic) bond motifs is 2. The molecule has 0 saturated carbocycles. The van der Waals surface area contributed by atoms with E-state index in [-0.39, 0.29) is 65.9 Å². The van der Waals surface area contributed by atoms with Crippen LogP contribution in [0.25, 0.3) is 0 Å². The Bertz CT molecular complexity index is 1210. The van der Waals surface area contributed by atoms with Crippen molar-refractivity contribution in [3.05, 3.63) is 89.0 Å². The predicted octanol–water partition coefficient (Wildman–Crippen LogP) is -4.80. The first-order valence-electron chi connectivity index (χ1n) is 10.2. The number of carbonyl (C=O) groups excluding carboxylic acids is 2. The zero-order valence-corrected chi connectivity index (χ0v) is 22.9. The maximum absolute atomic E-state index is 12.5. The molecule has 0 amide bonds. The monoisotopic (exact) mass is 476 g/mol. The Morgan fingerprint density at radius 3 is 2.12 bits per heavy atom. The molecule has 162 valence electrons. The third-order valence-corrected chi connectivity index (χ3v) is 6.01. The topological polar surface area (TPSA) is 108 Å². The fourth-order valence-electron chi connectivity index (χ4n) is 4.79. The smallest absolute Gasteiger partial charge is 0.550 e. The minimum atomic E-state index is -1.36.